The zero-order chi connectivity index (χ0) is 16.3. The third kappa shape index (κ3) is 4.30. The molecule has 1 amide bonds. The van der Waals surface area contributed by atoms with Gasteiger partial charge in [0.15, 0.2) is 12.1 Å². The molecule has 1 saturated carbocycles. The van der Waals surface area contributed by atoms with Gasteiger partial charge in [-0.2, -0.15) is 0 Å². The molecule has 0 spiro atoms. The molecular formula is C14H23N3O4S. The second kappa shape index (κ2) is 6.78. The Morgan fingerprint density at radius 3 is 2.82 bits per heavy atom. The van der Waals surface area contributed by atoms with Crippen molar-refractivity contribution < 1.29 is 17.6 Å². The first-order valence-corrected chi connectivity index (χ1v) is 9.36. The number of carbonyl (C=O) groups excluding carboxylic acids is 1. The summed E-state index contributed by atoms with van der Waals surface area (Å²) in [5.41, 5.74) is 0.306. The van der Waals surface area contributed by atoms with Crippen LogP contribution < -0.4 is 10.0 Å². The fourth-order valence-corrected chi connectivity index (χ4v) is 3.71. The van der Waals surface area contributed by atoms with Gasteiger partial charge in [0.25, 0.3) is 5.91 Å². The largest absolute Gasteiger partial charge is 0.447 e. The molecule has 1 fully saturated rings. The highest BCUT2D eigenvalue weighted by molar-refractivity contribution is 7.88. The number of carbonyl (C=O) groups is 1. The van der Waals surface area contributed by atoms with E-state index in [2.05, 4.69) is 15.0 Å². The van der Waals surface area contributed by atoms with E-state index in [1.165, 1.54) is 6.39 Å². The Kier molecular flexibility index (Phi) is 5.23. The molecule has 0 aromatic carbocycles. The van der Waals surface area contributed by atoms with Gasteiger partial charge in [0.05, 0.1) is 6.26 Å². The van der Waals surface area contributed by atoms with Gasteiger partial charge >= 0.3 is 0 Å². The molecule has 1 aliphatic carbocycles. The van der Waals surface area contributed by atoms with Gasteiger partial charge in [0.1, 0.15) is 5.76 Å². The van der Waals surface area contributed by atoms with Crippen LogP contribution in [0.3, 0.4) is 0 Å². The van der Waals surface area contributed by atoms with E-state index in [0.29, 0.717) is 18.0 Å². The van der Waals surface area contributed by atoms with Gasteiger partial charge in [-0.25, -0.2) is 18.1 Å². The van der Waals surface area contributed by atoms with Crippen molar-refractivity contribution in [3.8, 4) is 0 Å². The molecule has 0 aliphatic heterocycles. The summed E-state index contributed by atoms with van der Waals surface area (Å²) in [7, 11) is -3.23. The van der Waals surface area contributed by atoms with E-state index in [0.717, 1.165) is 25.5 Å². The normalized spacial score (nSPS) is 22.2. The molecule has 0 radical (unpaired) electrons. The third-order valence-corrected chi connectivity index (χ3v) is 4.61. The molecule has 1 aliphatic rings. The van der Waals surface area contributed by atoms with Crippen LogP contribution in [0.4, 0.5) is 0 Å². The summed E-state index contributed by atoms with van der Waals surface area (Å²) >= 11 is 0. The number of oxazole rings is 1. The first-order valence-electron chi connectivity index (χ1n) is 7.47. The Labute approximate surface area is 130 Å². The van der Waals surface area contributed by atoms with E-state index in [1.54, 1.807) is 0 Å². The van der Waals surface area contributed by atoms with Gasteiger partial charge in [0.2, 0.25) is 10.0 Å². The molecule has 2 rings (SSSR count). The van der Waals surface area contributed by atoms with Crippen LogP contribution in [0.2, 0.25) is 0 Å². The Morgan fingerprint density at radius 1 is 1.45 bits per heavy atom. The van der Waals surface area contributed by atoms with E-state index >= 15 is 0 Å². The second-order valence-corrected chi connectivity index (χ2v) is 7.90. The van der Waals surface area contributed by atoms with Crippen molar-refractivity contribution in [1.29, 1.82) is 0 Å². The summed E-state index contributed by atoms with van der Waals surface area (Å²) in [5, 5.41) is 2.84. The van der Waals surface area contributed by atoms with Crippen LogP contribution in [0, 0.1) is 5.92 Å². The highest BCUT2D eigenvalue weighted by Crippen LogP contribution is 2.26. The lowest BCUT2D eigenvalue weighted by molar-refractivity contribution is 0.0939. The fraction of sp³-hybridized carbons (Fsp3) is 0.714. The summed E-state index contributed by atoms with van der Waals surface area (Å²) in [4.78, 5) is 16.2. The molecule has 0 bridgehead atoms. The lowest BCUT2D eigenvalue weighted by atomic mass is 10.0. The zero-order valence-electron chi connectivity index (χ0n) is 13.1. The zero-order valence-corrected chi connectivity index (χ0v) is 13.9. The number of nitrogens with one attached hydrogen (secondary N) is 2. The number of nitrogens with zero attached hydrogens (tertiary/aromatic N) is 1. The average molecular weight is 329 g/mol. The summed E-state index contributed by atoms with van der Waals surface area (Å²) in [6.07, 6.45) is 5.08. The van der Waals surface area contributed by atoms with E-state index in [4.69, 9.17) is 4.42 Å². The van der Waals surface area contributed by atoms with Crippen molar-refractivity contribution in [3.05, 3.63) is 17.8 Å². The molecule has 2 atom stereocenters. The quantitative estimate of drug-likeness (QED) is 0.818. The standard InChI is InChI=1S/C14H23N3O4S/c1-9(2)13-12(16-8-21-13)14(18)15-7-10-5-4-6-11(10)17-22(3,19)20/h8-11,17H,4-7H2,1-3H3,(H,15,18)/t10-,11+/m0/s1. The number of rotatable bonds is 6. The van der Waals surface area contributed by atoms with Gasteiger partial charge in [-0.15, -0.1) is 0 Å². The smallest absolute Gasteiger partial charge is 0.273 e. The van der Waals surface area contributed by atoms with Crippen molar-refractivity contribution in [1.82, 2.24) is 15.0 Å². The number of sulfonamides is 1. The highest BCUT2D eigenvalue weighted by atomic mass is 32.2. The predicted molar refractivity (Wildman–Crippen MR) is 82.0 cm³/mol. The van der Waals surface area contributed by atoms with E-state index in [9.17, 15) is 13.2 Å². The molecule has 1 heterocycles. The van der Waals surface area contributed by atoms with Crippen molar-refractivity contribution in [3.63, 3.8) is 0 Å². The van der Waals surface area contributed by atoms with Crippen LogP contribution in [-0.2, 0) is 10.0 Å². The van der Waals surface area contributed by atoms with E-state index in [-0.39, 0.29) is 23.8 Å². The SMILES string of the molecule is CC(C)c1ocnc1C(=O)NC[C@@H]1CCC[C@H]1NS(C)(=O)=O. The predicted octanol–water partition coefficient (Wildman–Crippen LogP) is 1.25. The average Bonchev–Trinajstić information content (AvgIpc) is 3.02. The lowest BCUT2D eigenvalue weighted by Gasteiger charge is -2.20. The van der Waals surface area contributed by atoms with Crippen molar-refractivity contribution in [2.45, 2.75) is 45.1 Å². The van der Waals surface area contributed by atoms with Crippen molar-refractivity contribution >= 4 is 15.9 Å². The minimum Gasteiger partial charge on any atom is -0.447 e. The minimum absolute atomic E-state index is 0.0781. The Morgan fingerprint density at radius 2 is 2.18 bits per heavy atom. The Balaban J connectivity index is 1.94. The second-order valence-electron chi connectivity index (χ2n) is 6.12. The molecule has 0 unspecified atom stereocenters. The molecular weight excluding hydrogens is 306 g/mol. The number of aromatic nitrogens is 1. The maximum absolute atomic E-state index is 12.2. The van der Waals surface area contributed by atoms with Crippen molar-refractivity contribution in [2.24, 2.45) is 5.92 Å². The molecule has 0 saturated heterocycles. The van der Waals surface area contributed by atoms with Crippen LogP contribution in [-0.4, -0.2) is 38.2 Å². The molecule has 8 heteroatoms. The molecule has 7 nitrogen and oxygen atoms in total. The lowest BCUT2D eigenvalue weighted by Crippen LogP contribution is -2.41. The minimum atomic E-state index is -3.23. The Hall–Kier alpha value is -1.41. The summed E-state index contributed by atoms with van der Waals surface area (Å²) in [5.74, 6) is 0.472. The number of amides is 1. The van der Waals surface area contributed by atoms with Gasteiger partial charge in [-0.05, 0) is 18.8 Å². The Bertz CT molecular complexity index is 624. The summed E-state index contributed by atoms with van der Waals surface area (Å²) in [6, 6.07) is -0.114. The molecule has 2 N–H and O–H groups in total. The number of hydrogen-bond acceptors (Lipinski definition) is 5. The van der Waals surface area contributed by atoms with Crippen LogP contribution in [0.5, 0.6) is 0 Å². The van der Waals surface area contributed by atoms with Gasteiger partial charge < -0.3 is 9.73 Å². The highest BCUT2D eigenvalue weighted by Gasteiger charge is 2.30. The summed E-state index contributed by atoms with van der Waals surface area (Å²) < 4.78 is 30.6. The van der Waals surface area contributed by atoms with Crippen LogP contribution >= 0.6 is 0 Å². The molecule has 1 aromatic heterocycles. The monoisotopic (exact) mass is 329 g/mol. The fourth-order valence-electron chi connectivity index (χ4n) is 2.85. The van der Waals surface area contributed by atoms with Gasteiger partial charge in [-0.3, -0.25) is 4.79 Å². The summed E-state index contributed by atoms with van der Waals surface area (Å²) in [6.45, 7) is 4.29. The van der Waals surface area contributed by atoms with Crippen LogP contribution in [0.15, 0.2) is 10.8 Å². The first-order chi connectivity index (χ1) is 10.3. The van der Waals surface area contributed by atoms with E-state index in [1.807, 2.05) is 13.8 Å². The molecule has 1 aromatic rings. The maximum Gasteiger partial charge on any atom is 0.273 e. The van der Waals surface area contributed by atoms with Crippen LogP contribution in [0.1, 0.15) is 55.3 Å². The molecule has 22 heavy (non-hydrogen) atoms. The van der Waals surface area contributed by atoms with Crippen molar-refractivity contribution in [2.75, 3.05) is 12.8 Å². The topological polar surface area (TPSA) is 101 Å². The van der Waals surface area contributed by atoms with Gasteiger partial charge in [0, 0.05) is 18.5 Å². The number of hydrogen-bond donors (Lipinski definition) is 2. The third-order valence-electron chi connectivity index (χ3n) is 3.88. The van der Waals surface area contributed by atoms with Crippen LogP contribution in [0.25, 0.3) is 0 Å². The van der Waals surface area contributed by atoms with E-state index < -0.39 is 10.0 Å². The maximum atomic E-state index is 12.2. The van der Waals surface area contributed by atoms with Gasteiger partial charge in [-0.1, -0.05) is 20.3 Å². The molecule has 124 valence electrons. The first kappa shape index (κ1) is 17.0.